The highest BCUT2D eigenvalue weighted by Gasteiger charge is 2.09. The van der Waals surface area contributed by atoms with Crippen LogP contribution in [0.15, 0.2) is 42.3 Å². The quantitative estimate of drug-likeness (QED) is 0.815. The number of allylic oxidation sites excluding steroid dienone is 1. The van der Waals surface area contributed by atoms with Gasteiger partial charge in [-0.25, -0.2) is 4.39 Å². The Labute approximate surface area is 104 Å². The zero-order valence-electron chi connectivity index (χ0n) is 9.94. The lowest BCUT2D eigenvalue weighted by Gasteiger charge is -2.02. The van der Waals surface area contributed by atoms with Gasteiger partial charge in [0.05, 0.1) is 23.3 Å². The van der Waals surface area contributed by atoms with E-state index in [1.54, 1.807) is 18.5 Å². The van der Waals surface area contributed by atoms with Crippen LogP contribution in [0, 0.1) is 5.82 Å². The predicted molar refractivity (Wildman–Crippen MR) is 71.4 cm³/mol. The third-order valence-electron chi connectivity index (χ3n) is 2.48. The van der Waals surface area contributed by atoms with Gasteiger partial charge >= 0.3 is 0 Å². The summed E-state index contributed by atoms with van der Waals surface area (Å²) in [6.07, 6.45) is 6.24. The van der Waals surface area contributed by atoms with E-state index in [0.717, 1.165) is 17.5 Å². The number of nitrogens with zero attached hydrogens (tertiary/aromatic N) is 2. The van der Waals surface area contributed by atoms with Crippen molar-refractivity contribution in [2.75, 3.05) is 5.73 Å². The number of nitrogens with two attached hydrogens (primary N) is 1. The highest BCUT2D eigenvalue weighted by atomic mass is 19.1. The summed E-state index contributed by atoms with van der Waals surface area (Å²) in [5.41, 5.74) is 8.43. The third-order valence-corrected chi connectivity index (χ3v) is 2.48. The van der Waals surface area contributed by atoms with Gasteiger partial charge in [-0.05, 0) is 19.1 Å². The number of nitrogen functional groups attached to an aromatic ring is 1. The Balaban J connectivity index is 2.48. The molecule has 18 heavy (non-hydrogen) atoms. The molecule has 4 nitrogen and oxygen atoms in total. The largest absolute Gasteiger partial charge is 0.396 e. The number of hydrogen-bond donors (Lipinski definition) is 2. The number of anilines is 1. The van der Waals surface area contributed by atoms with Crippen molar-refractivity contribution in [2.24, 2.45) is 4.99 Å². The van der Waals surface area contributed by atoms with Crippen molar-refractivity contribution in [3.63, 3.8) is 0 Å². The fourth-order valence-electron chi connectivity index (χ4n) is 1.49. The molecule has 0 aliphatic heterocycles. The van der Waals surface area contributed by atoms with Crippen LogP contribution < -0.4 is 5.73 Å². The van der Waals surface area contributed by atoms with Gasteiger partial charge in [0.1, 0.15) is 0 Å². The van der Waals surface area contributed by atoms with Crippen molar-refractivity contribution in [2.45, 2.75) is 6.92 Å². The Hall–Kier alpha value is -2.43. The van der Waals surface area contributed by atoms with Crippen LogP contribution in [0.25, 0.3) is 11.3 Å². The molecule has 3 N–H and O–H groups in total. The maximum Gasteiger partial charge on any atom is 0.164 e. The minimum absolute atomic E-state index is 0.0663. The highest BCUT2D eigenvalue weighted by molar-refractivity contribution is 5.95. The first-order valence-corrected chi connectivity index (χ1v) is 5.37. The summed E-state index contributed by atoms with van der Waals surface area (Å²) in [6, 6.07) is 1.49. The van der Waals surface area contributed by atoms with Gasteiger partial charge in [0.2, 0.25) is 0 Å². The summed E-state index contributed by atoms with van der Waals surface area (Å²) in [5.74, 6) is -0.526. The molecule has 2 heterocycles. The van der Waals surface area contributed by atoms with E-state index >= 15 is 0 Å². The van der Waals surface area contributed by atoms with Crippen molar-refractivity contribution in [3.05, 3.63) is 43.1 Å². The van der Waals surface area contributed by atoms with Gasteiger partial charge < -0.3 is 10.7 Å². The monoisotopic (exact) mass is 244 g/mol. The van der Waals surface area contributed by atoms with Crippen LogP contribution in [-0.4, -0.2) is 15.7 Å². The molecule has 2 aromatic heterocycles. The van der Waals surface area contributed by atoms with E-state index in [-0.39, 0.29) is 5.69 Å². The van der Waals surface area contributed by atoms with Crippen LogP contribution in [0.4, 0.5) is 15.8 Å². The van der Waals surface area contributed by atoms with E-state index in [1.807, 2.05) is 6.92 Å². The van der Waals surface area contributed by atoms with Crippen LogP contribution in [0.1, 0.15) is 6.92 Å². The highest BCUT2D eigenvalue weighted by Crippen LogP contribution is 2.30. The molecular weight excluding hydrogens is 231 g/mol. The number of aromatic amines is 1. The molecule has 0 aliphatic rings. The maximum absolute atomic E-state index is 13.1. The second kappa shape index (κ2) is 4.83. The maximum atomic E-state index is 13.1. The molecule has 0 atom stereocenters. The zero-order chi connectivity index (χ0) is 13.1. The van der Waals surface area contributed by atoms with Crippen molar-refractivity contribution in [3.8, 4) is 11.3 Å². The van der Waals surface area contributed by atoms with Crippen LogP contribution in [-0.2, 0) is 0 Å². The van der Waals surface area contributed by atoms with Gasteiger partial charge in [-0.15, -0.1) is 0 Å². The summed E-state index contributed by atoms with van der Waals surface area (Å²) in [4.78, 5) is 11.3. The van der Waals surface area contributed by atoms with E-state index in [2.05, 4.69) is 21.5 Å². The summed E-state index contributed by atoms with van der Waals surface area (Å²) >= 11 is 0. The van der Waals surface area contributed by atoms with Crippen molar-refractivity contribution in [1.82, 2.24) is 9.97 Å². The third kappa shape index (κ3) is 2.29. The standard InChI is InChI=1S/C13H13FN4/c1-3-8(2)18-13-7-16-5-9(13)12-4-11(15)10(14)6-17-12/h3-7,16H,1H2,2H3,(H2,15,17)/b18-8-. The minimum atomic E-state index is -0.526. The van der Waals surface area contributed by atoms with Crippen molar-refractivity contribution < 1.29 is 4.39 Å². The second-order valence-electron chi connectivity index (χ2n) is 3.80. The lowest BCUT2D eigenvalue weighted by atomic mass is 10.2. The molecule has 2 aromatic rings. The van der Waals surface area contributed by atoms with Gasteiger partial charge in [-0.3, -0.25) is 9.98 Å². The molecule has 0 aromatic carbocycles. The molecule has 0 unspecified atom stereocenters. The van der Waals surface area contributed by atoms with E-state index in [1.165, 1.54) is 6.07 Å². The summed E-state index contributed by atoms with van der Waals surface area (Å²) < 4.78 is 13.1. The number of halogens is 1. The van der Waals surface area contributed by atoms with E-state index in [4.69, 9.17) is 5.73 Å². The molecule has 0 radical (unpaired) electrons. The molecule has 0 saturated carbocycles. The minimum Gasteiger partial charge on any atom is -0.396 e. The van der Waals surface area contributed by atoms with Crippen molar-refractivity contribution >= 4 is 17.1 Å². The molecule has 5 heteroatoms. The van der Waals surface area contributed by atoms with Gasteiger partial charge in [0, 0.05) is 23.7 Å². The van der Waals surface area contributed by atoms with Gasteiger partial charge in [-0.2, -0.15) is 0 Å². The van der Waals surface area contributed by atoms with Gasteiger partial charge in [0.15, 0.2) is 5.82 Å². The Morgan fingerprint density at radius 3 is 3.00 bits per heavy atom. The van der Waals surface area contributed by atoms with E-state index < -0.39 is 5.82 Å². The fraction of sp³-hybridized carbons (Fsp3) is 0.0769. The lowest BCUT2D eigenvalue weighted by molar-refractivity contribution is 0.626. The van der Waals surface area contributed by atoms with Crippen LogP contribution in [0.3, 0.4) is 0 Å². The summed E-state index contributed by atoms with van der Waals surface area (Å²) in [7, 11) is 0. The SMILES string of the molecule is C=C/C(C)=N\c1c[nH]cc1-c1cc(N)c(F)cn1. The Kier molecular flexibility index (Phi) is 3.23. The second-order valence-corrected chi connectivity index (χ2v) is 3.80. The Morgan fingerprint density at radius 2 is 2.33 bits per heavy atom. The Morgan fingerprint density at radius 1 is 1.56 bits per heavy atom. The zero-order valence-corrected chi connectivity index (χ0v) is 9.94. The smallest absolute Gasteiger partial charge is 0.164 e. The lowest BCUT2D eigenvalue weighted by Crippen LogP contribution is -1.93. The molecule has 92 valence electrons. The first-order valence-electron chi connectivity index (χ1n) is 5.37. The van der Waals surface area contributed by atoms with Crippen LogP contribution in [0.2, 0.25) is 0 Å². The average molecular weight is 244 g/mol. The molecule has 0 bridgehead atoms. The predicted octanol–water partition coefficient (Wildman–Crippen LogP) is 3.08. The first kappa shape index (κ1) is 12.0. The average Bonchev–Trinajstić information content (AvgIpc) is 2.80. The number of rotatable bonds is 3. The number of nitrogens with one attached hydrogen (secondary N) is 1. The molecule has 0 spiro atoms. The first-order chi connectivity index (χ1) is 8.61. The topological polar surface area (TPSA) is 67.1 Å². The molecule has 2 rings (SSSR count). The normalized spacial score (nSPS) is 11.6. The van der Waals surface area contributed by atoms with Crippen molar-refractivity contribution in [1.29, 1.82) is 0 Å². The van der Waals surface area contributed by atoms with Gasteiger partial charge in [-0.1, -0.05) is 6.58 Å². The summed E-state index contributed by atoms with van der Waals surface area (Å²) in [5, 5.41) is 0. The number of H-pyrrole nitrogens is 1. The van der Waals surface area contributed by atoms with E-state index in [9.17, 15) is 4.39 Å². The molecular formula is C13H13FN4. The van der Waals surface area contributed by atoms with E-state index in [0.29, 0.717) is 11.4 Å². The number of hydrogen-bond acceptors (Lipinski definition) is 3. The fourth-order valence-corrected chi connectivity index (χ4v) is 1.49. The molecule has 0 amide bonds. The number of pyridine rings is 1. The molecule has 0 aliphatic carbocycles. The number of aliphatic imine (C=N–C) groups is 1. The van der Waals surface area contributed by atoms with Crippen LogP contribution >= 0.6 is 0 Å². The van der Waals surface area contributed by atoms with Gasteiger partial charge in [0.25, 0.3) is 0 Å². The molecule has 0 fully saturated rings. The van der Waals surface area contributed by atoms with Crippen LogP contribution in [0.5, 0.6) is 0 Å². The number of aromatic nitrogens is 2. The molecule has 0 saturated heterocycles. The summed E-state index contributed by atoms with van der Waals surface area (Å²) in [6.45, 7) is 5.49. The Bertz CT molecular complexity index is 613.